The minimum Gasteiger partial charge on any atom is -0.326 e. The van der Waals surface area contributed by atoms with Crippen molar-refractivity contribution < 1.29 is 8.42 Å². The van der Waals surface area contributed by atoms with E-state index in [1.807, 2.05) is 6.07 Å². The van der Waals surface area contributed by atoms with Crippen molar-refractivity contribution in [1.29, 1.82) is 0 Å². The van der Waals surface area contributed by atoms with Gasteiger partial charge in [0.2, 0.25) is 10.0 Å². The second kappa shape index (κ2) is 6.04. The summed E-state index contributed by atoms with van der Waals surface area (Å²) in [6.45, 7) is 3.53. The zero-order chi connectivity index (χ0) is 14.9. The molecule has 6 heteroatoms. The van der Waals surface area contributed by atoms with Crippen molar-refractivity contribution in [1.82, 2.24) is 9.21 Å². The number of piperazine rings is 1. The maximum Gasteiger partial charge on any atom is 0.243 e. The standard InChI is InChI=1S/C15H23N3O2S/c16-11-13-4-3-6-15(10-13)21(19,20)18-9-8-17-7-2-1-5-14(17)12-18/h3-4,6,10,14H,1-2,5,7-9,11-12,16H2. The van der Waals surface area contributed by atoms with E-state index >= 15 is 0 Å². The van der Waals surface area contributed by atoms with E-state index in [-0.39, 0.29) is 0 Å². The number of hydrogen-bond donors (Lipinski definition) is 1. The number of sulfonamides is 1. The summed E-state index contributed by atoms with van der Waals surface area (Å²) in [5, 5.41) is 0. The third-order valence-corrected chi connectivity index (χ3v) is 6.43. The van der Waals surface area contributed by atoms with Crippen LogP contribution in [0.5, 0.6) is 0 Å². The van der Waals surface area contributed by atoms with E-state index in [2.05, 4.69) is 4.90 Å². The molecule has 1 unspecified atom stereocenters. The lowest BCUT2D eigenvalue weighted by Gasteiger charge is -2.43. The summed E-state index contributed by atoms with van der Waals surface area (Å²) in [5.74, 6) is 0. The molecular weight excluding hydrogens is 286 g/mol. The number of rotatable bonds is 3. The van der Waals surface area contributed by atoms with Crippen molar-refractivity contribution in [2.45, 2.75) is 36.7 Å². The Balaban J connectivity index is 1.81. The molecule has 0 aromatic heterocycles. The fourth-order valence-electron chi connectivity index (χ4n) is 3.33. The third kappa shape index (κ3) is 2.99. The number of nitrogens with two attached hydrogens (primary N) is 1. The fourth-order valence-corrected chi connectivity index (χ4v) is 4.87. The lowest BCUT2D eigenvalue weighted by Crippen LogP contribution is -2.56. The first kappa shape index (κ1) is 15.0. The van der Waals surface area contributed by atoms with E-state index in [9.17, 15) is 8.42 Å². The summed E-state index contributed by atoms with van der Waals surface area (Å²) in [5.41, 5.74) is 6.47. The zero-order valence-corrected chi connectivity index (χ0v) is 13.1. The number of benzene rings is 1. The molecule has 21 heavy (non-hydrogen) atoms. The van der Waals surface area contributed by atoms with Crippen LogP contribution in [0.1, 0.15) is 24.8 Å². The molecule has 0 spiro atoms. The highest BCUT2D eigenvalue weighted by atomic mass is 32.2. The number of nitrogens with zero attached hydrogens (tertiary/aromatic N) is 2. The van der Waals surface area contributed by atoms with Crippen LogP contribution in [0.2, 0.25) is 0 Å². The summed E-state index contributed by atoms with van der Waals surface area (Å²) in [6.07, 6.45) is 3.55. The lowest BCUT2D eigenvalue weighted by atomic mass is 10.0. The highest BCUT2D eigenvalue weighted by molar-refractivity contribution is 7.89. The van der Waals surface area contributed by atoms with E-state index in [1.54, 1.807) is 22.5 Å². The highest BCUT2D eigenvalue weighted by Gasteiger charge is 2.35. The van der Waals surface area contributed by atoms with Gasteiger partial charge in [-0.2, -0.15) is 4.31 Å². The van der Waals surface area contributed by atoms with Crippen LogP contribution in [0.15, 0.2) is 29.2 Å². The van der Waals surface area contributed by atoms with Gasteiger partial charge in [0.05, 0.1) is 4.90 Å². The maximum absolute atomic E-state index is 12.8. The Morgan fingerprint density at radius 3 is 2.86 bits per heavy atom. The Hall–Kier alpha value is -0.950. The summed E-state index contributed by atoms with van der Waals surface area (Å²) < 4.78 is 27.2. The second-order valence-electron chi connectivity index (χ2n) is 5.90. The van der Waals surface area contributed by atoms with Crippen molar-refractivity contribution >= 4 is 10.0 Å². The predicted octanol–water partition coefficient (Wildman–Crippen LogP) is 1.00. The first-order chi connectivity index (χ1) is 10.1. The molecule has 3 rings (SSSR count). The molecule has 2 heterocycles. The Bertz CT molecular complexity index is 603. The molecule has 2 saturated heterocycles. The van der Waals surface area contributed by atoms with Crippen LogP contribution in [0, 0.1) is 0 Å². The Labute approximate surface area is 126 Å². The monoisotopic (exact) mass is 309 g/mol. The van der Waals surface area contributed by atoms with Crippen molar-refractivity contribution in [3.8, 4) is 0 Å². The molecule has 1 atom stereocenters. The van der Waals surface area contributed by atoms with Crippen molar-refractivity contribution in [2.75, 3.05) is 26.2 Å². The third-order valence-electron chi connectivity index (χ3n) is 4.57. The normalized spacial score (nSPS) is 24.7. The molecular formula is C15H23N3O2S. The van der Waals surface area contributed by atoms with Crippen LogP contribution in [0.25, 0.3) is 0 Å². The van der Waals surface area contributed by atoms with Crippen molar-refractivity contribution in [3.05, 3.63) is 29.8 Å². The molecule has 116 valence electrons. The van der Waals surface area contributed by atoms with Gasteiger partial charge >= 0.3 is 0 Å². The molecule has 2 N–H and O–H groups in total. The molecule has 2 aliphatic rings. The summed E-state index contributed by atoms with van der Waals surface area (Å²) in [7, 11) is -3.39. The van der Waals surface area contributed by atoms with Gasteiger partial charge in [0.1, 0.15) is 0 Å². The minimum atomic E-state index is -3.39. The van der Waals surface area contributed by atoms with Crippen LogP contribution < -0.4 is 5.73 Å². The molecule has 0 aliphatic carbocycles. The Morgan fingerprint density at radius 2 is 2.05 bits per heavy atom. The van der Waals surface area contributed by atoms with Crippen LogP contribution in [0.4, 0.5) is 0 Å². The van der Waals surface area contributed by atoms with Gasteiger partial charge in [-0.05, 0) is 37.1 Å². The molecule has 0 saturated carbocycles. The number of hydrogen-bond acceptors (Lipinski definition) is 4. The Kier molecular flexibility index (Phi) is 4.31. The SMILES string of the molecule is NCc1cccc(S(=O)(=O)N2CCN3CCCCC3C2)c1. The van der Waals surface area contributed by atoms with E-state index < -0.39 is 10.0 Å². The van der Waals surface area contributed by atoms with E-state index in [0.29, 0.717) is 30.6 Å². The molecule has 0 radical (unpaired) electrons. The molecule has 2 aliphatic heterocycles. The molecule has 1 aromatic rings. The molecule has 0 amide bonds. The van der Waals surface area contributed by atoms with Gasteiger partial charge in [-0.1, -0.05) is 18.6 Å². The predicted molar refractivity (Wildman–Crippen MR) is 82.3 cm³/mol. The van der Waals surface area contributed by atoms with Gasteiger partial charge in [0.15, 0.2) is 0 Å². The van der Waals surface area contributed by atoms with E-state index in [0.717, 1.165) is 25.1 Å². The molecule has 0 bridgehead atoms. The van der Waals surface area contributed by atoms with Gasteiger partial charge < -0.3 is 5.73 Å². The Morgan fingerprint density at radius 1 is 1.19 bits per heavy atom. The number of piperidine rings is 1. The van der Waals surface area contributed by atoms with Crippen molar-refractivity contribution in [2.24, 2.45) is 5.73 Å². The van der Waals surface area contributed by atoms with E-state index in [1.165, 1.54) is 12.8 Å². The largest absolute Gasteiger partial charge is 0.326 e. The van der Waals surface area contributed by atoms with Crippen LogP contribution >= 0.6 is 0 Å². The highest BCUT2D eigenvalue weighted by Crippen LogP contribution is 2.25. The smallest absolute Gasteiger partial charge is 0.243 e. The van der Waals surface area contributed by atoms with E-state index in [4.69, 9.17) is 5.73 Å². The topological polar surface area (TPSA) is 66.6 Å². The van der Waals surface area contributed by atoms with Crippen LogP contribution in [-0.2, 0) is 16.6 Å². The average molecular weight is 309 g/mol. The van der Waals surface area contributed by atoms with Gasteiger partial charge in [-0.15, -0.1) is 0 Å². The molecule has 1 aromatic carbocycles. The first-order valence-electron chi connectivity index (χ1n) is 7.64. The van der Waals surface area contributed by atoms with Gasteiger partial charge in [-0.3, -0.25) is 4.90 Å². The average Bonchev–Trinajstić information content (AvgIpc) is 2.54. The van der Waals surface area contributed by atoms with Crippen LogP contribution in [-0.4, -0.2) is 49.8 Å². The van der Waals surface area contributed by atoms with Gasteiger partial charge in [0, 0.05) is 32.2 Å². The maximum atomic E-state index is 12.8. The van der Waals surface area contributed by atoms with Gasteiger partial charge in [0.25, 0.3) is 0 Å². The van der Waals surface area contributed by atoms with Gasteiger partial charge in [-0.25, -0.2) is 8.42 Å². The number of fused-ring (bicyclic) bond motifs is 1. The first-order valence-corrected chi connectivity index (χ1v) is 9.08. The summed E-state index contributed by atoms with van der Waals surface area (Å²) in [6, 6.07) is 7.38. The molecule has 5 nitrogen and oxygen atoms in total. The minimum absolute atomic E-state index is 0.361. The fraction of sp³-hybridized carbons (Fsp3) is 0.600. The molecule has 2 fully saturated rings. The quantitative estimate of drug-likeness (QED) is 0.905. The van der Waals surface area contributed by atoms with Crippen molar-refractivity contribution in [3.63, 3.8) is 0 Å². The second-order valence-corrected chi connectivity index (χ2v) is 7.84. The van der Waals surface area contributed by atoms with Crippen LogP contribution in [0.3, 0.4) is 0 Å². The zero-order valence-electron chi connectivity index (χ0n) is 12.2. The summed E-state index contributed by atoms with van der Waals surface area (Å²) in [4.78, 5) is 2.81. The lowest BCUT2D eigenvalue weighted by molar-refractivity contribution is 0.0852. The summed E-state index contributed by atoms with van der Waals surface area (Å²) >= 11 is 0.